The monoisotopic (exact) mass is 252 g/mol. The molecule has 1 aliphatic rings. The third kappa shape index (κ3) is 1.82. The van der Waals surface area contributed by atoms with Crippen molar-refractivity contribution in [2.24, 2.45) is 0 Å². The molecule has 0 radical (unpaired) electrons. The number of rotatable bonds is 3. The van der Waals surface area contributed by atoms with Crippen molar-refractivity contribution in [3.63, 3.8) is 0 Å². The van der Waals surface area contributed by atoms with Crippen molar-refractivity contribution in [1.82, 2.24) is 14.7 Å². The smallest absolute Gasteiger partial charge is 0.195 e. The second kappa shape index (κ2) is 4.29. The first-order chi connectivity index (χ1) is 8.29. The van der Waals surface area contributed by atoms with Gasteiger partial charge in [-0.1, -0.05) is 0 Å². The number of aliphatic hydroxyl groups excluding tert-OH is 1. The van der Waals surface area contributed by atoms with E-state index >= 15 is 0 Å². The van der Waals surface area contributed by atoms with Gasteiger partial charge < -0.3 is 15.3 Å². The molecule has 2 N–H and O–H groups in total. The lowest BCUT2D eigenvalue weighted by Gasteiger charge is -2.16. The van der Waals surface area contributed by atoms with Crippen molar-refractivity contribution in [2.75, 3.05) is 25.0 Å². The molecule has 92 valence electrons. The number of imidazole rings is 1. The first-order valence-electron chi connectivity index (χ1n) is 5.81. The largest absolute Gasteiger partial charge is 0.391 e. The van der Waals surface area contributed by atoms with Crippen molar-refractivity contribution < 1.29 is 5.11 Å². The molecule has 1 unspecified atom stereocenters. The van der Waals surface area contributed by atoms with E-state index in [1.165, 1.54) is 5.69 Å². The average molecular weight is 252 g/mol. The Kier molecular flexibility index (Phi) is 2.78. The molecule has 1 fully saturated rings. The minimum absolute atomic E-state index is 0.211. The predicted octanol–water partition coefficient (Wildman–Crippen LogP) is 0.686. The van der Waals surface area contributed by atoms with Gasteiger partial charge in [0.1, 0.15) is 0 Å². The van der Waals surface area contributed by atoms with E-state index in [1.54, 1.807) is 11.3 Å². The van der Waals surface area contributed by atoms with Crippen LogP contribution in [-0.2, 0) is 6.54 Å². The molecule has 0 saturated carbocycles. The van der Waals surface area contributed by atoms with Gasteiger partial charge in [-0.3, -0.25) is 4.40 Å². The van der Waals surface area contributed by atoms with Gasteiger partial charge in [0.2, 0.25) is 0 Å². The fraction of sp³-hybridized carbons (Fsp3) is 0.545. The van der Waals surface area contributed by atoms with Crippen LogP contribution >= 0.6 is 11.3 Å². The van der Waals surface area contributed by atoms with Gasteiger partial charge in [-0.25, -0.2) is 4.98 Å². The summed E-state index contributed by atoms with van der Waals surface area (Å²) in [6.45, 7) is 2.38. The van der Waals surface area contributed by atoms with Gasteiger partial charge in [0.25, 0.3) is 0 Å². The maximum absolute atomic E-state index is 9.62. The van der Waals surface area contributed by atoms with Crippen LogP contribution in [-0.4, -0.2) is 40.7 Å². The highest BCUT2D eigenvalue weighted by atomic mass is 32.1. The van der Waals surface area contributed by atoms with Crippen LogP contribution in [0.15, 0.2) is 11.6 Å². The van der Waals surface area contributed by atoms with Crippen molar-refractivity contribution in [3.05, 3.63) is 17.3 Å². The van der Waals surface area contributed by atoms with Gasteiger partial charge >= 0.3 is 0 Å². The number of β-amino-alcohol motifs (C(OH)–C–C–N with tert-alkyl or cyclic N) is 1. The second-order valence-electron chi connectivity index (χ2n) is 4.36. The summed E-state index contributed by atoms with van der Waals surface area (Å²) in [4.78, 5) is 7.86. The lowest BCUT2D eigenvalue weighted by molar-refractivity contribution is 0.198. The van der Waals surface area contributed by atoms with Crippen molar-refractivity contribution >= 4 is 22.1 Å². The summed E-state index contributed by atoms with van der Waals surface area (Å²) in [5.41, 5.74) is 1.18. The number of anilines is 1. The number of hydrogen-bond acceptors (Lipinski definition) is 5. The van der Waals surface area contributed by atoms with E-state index in [4.69, 9.17) is 0 Å². The highest BCUT2D eigenvalue weighted by Crippen LogP contribution is 2.27. The van der Waals surface area contributed by atoms with E-state index in [1.807, 2.05) is 12.4 Å². The predicted molar refractivity (Wildman–Crippen MR) is 68.7 cm³/mol. The molecule has 3 rings (SSSR count). The van der Waals surface area contributed by atoms with Crippen molar-refractivity contribution in [2.45, 2.75) is 19.1 Å². The van der Waals surface area contributed by atoms with Gasteiger partial charge in [0, 0.05) is 31.2 Å². The van der Waals surface area contributed by atoms with Gasteiger partial charge in [0.15, 0.2) is 10.8 Å². The van der Waals surface area contributed by atoms with Crippen LogP contribution in [0.4, 0.5) is 5.82 Å². The maximum atomic E-state index is 9.62. The maximum Gasteiger partial charge on any atom is 0.195 e. The van der Waals surface area contributed by atoms with Crippen LogP contribution < -0.4 is 10.2 Å². The van der Waals surface area contributed by atoms with Gasteiger partial charge in [0.05, 0.1) is 11.8 Å². The summed E-state index contributed by atoms with van der Waals surface area (Å²) in [5.74, 6) is 1.02. The van der Waals surface area contributed by atoms with E-state index in [9.17, 15) is 5.11 Å². The topological polar surface area (TPSA) is 52.8 Å². The van der Waals surface area contributed by atoms with Crippen LogP contribution in [0.3, 0.4) is 0 Å². The molecule has 2 aromatic rings. The zero-order valence-electron chi connectivity index (χ0n) is 9.76. The molecule has 3 heterocycles. The van der Waals surface area contributed by atoms with E-state index < -0.39 is 0 Å². The fourth-order valence-electron chi connectivity index (χ4n) is 2.34. The standard InChI is InChI=1S/C11H16N4OS/c1-12-6-9-10(14-3-2-8(16)7-14)13-11-15(9)4-5-17-11/h4-5,8,12,16H,2-3,6-7H2,1H3. The van der Waals surface area contributed by atoms with Gasteiger partial charge in [-0.15, -0.1) is 11.3 Å². The van der Waals surface area contributed by atoms with Crippen LogP contribution in [0.5, 0.6) is 0 Å². The Morgan fingerprint density at radius 1 is 1.65 bits per heavy atom. The molecule has 6 heteroatoms. The zero-order valence-corrected chi connectivity index (χ0v) is 10.6. The molecule has 0 spiro atoms. The number of fused-ring (bicyclic) bond motifs is 1. The third-order valence-electron chi connectivity index (χ3n) is 3.15. The van der Waals surface area contributed by atoms with Crippen LogP contribution in [0.2, 0.25) is 0 Å². The highest BCUT2D eigenvalue weighted by molar-refractivity contribution is 7.15. The molecule has 2 aromatic heterocycles. The third-order valence-corrected chi connectivity index (χ3v) is 3.90. The summed E-state index contributed by atoms with van der Waals surface area (Å²) in [6, 6.07) is 0. The van der Waals surface area contributed by atoms with Crippen molar-refractivity contribution in [3.8, 4) is 0 Å². The first kappa shape index (κ1) is 11.0. The fourth-order valence-corrected chi connectivity index (χ4v) is 3.07. The van der Waals surface area contributed by atoms with Crippen LogP contribution in [0.25, 0.3) is 4.96 Å². The molecular weight excluding hydrogens is 236 g/mol. The van der Waals surface area contributed by atoms with Gasteiger partial charge in [-0.2, -0.15) is 0 Å². The van der Waals surface area contributed by atoms with Crippen molar-refractivity contribution in [1.29, 1.82) is 0 Å². The summed E-state index contributed by atoms with van der Waals surface area (Å²) >= 11 is 1.64. The Morgan fingerprint density at radius 2 is 2.53 bits per heavy atom. The van der Waals surface area contributed by atoms with Crippen LogP contribution in [0.1, 0.15) is 12.1 Å². The van der Waals surface area contributed by atoms with E-state index in [0.717, 1.165) is 30.3 Å². The molecule has 0 amide bonds. The normalized spacial score (nSPS) is 20.6. The lowest BCUT2D eigenvalue weighted by Crippen LogP contribution is -2.23. The Hall–Kier alpha value is -1.11. The first-order valence-corrected chi connectivity index (χ1v) is 6.69. The number of hydrogen-bond donors (Lipinski definition) is 2. The van der Waals surface area contributed by atoms with E-state index in [-0.39, 0.29) is 6.10 Å². The number of thiazole rings is 1. The SMILES string of the molecule is CNCc1c(N2CCC(O)C2)nc2sccn12. The minimum atomic E-state index is -0.211. The Labute approximate surface area is 104 Å². The summed E-state index contributed by atoms with van der Waals surface area (Å²) in [7, 11) is 1.94. The van der Waals surface area contributed by atoms with E-state index in [2.05, 4.69) is 25.8 Å². The van der Waals surface area contributed by atoms with Crippen LogP contribution in [0, 0.1) is 0 Å². The average Bonchev–Trinajstić information content (AvgIpc) is 2.95. The molecule has 0 bridgehead atoms. The minimum Gasteiger partial charge on any atom is -0.391 e. The lowest BCUT2D eigenvalue weighted by atomic mass is 10.3. The number of aliphatic hydroxyl groups is 1. The van der Waals surface area contributed by atoms with Gasteiger partial charge in [-0.05, 0) is 13.5 Å². The zero-order chi connectivity index (χ0) is 11.8. The summed E-state index contributed by atoms with van der Waals surface area (Å²) < 4.78 is 2.13. The van der Waals surface area contributed by atoms with E-state index in [0.29, 0.717) is 6.54 Å². The summed E-state index contributed by atoms with van der Waals surface area (Å²) in [6.07, 6.45) is 2.68. The molecule has 0 aromatic carbocycles. The second-order valence-corrected chi connectivity index (χ2v) is 5.23. The Morgan fingerprint density at radius 3 is 3.24 bits per heavy atom. The quantitative estimate of drug-likeness (QED) is 0.844. The number of nitrogens with one attached hydrogen (secondary N) is 1. The molecule has 1 saturated heterocycles. The summed E-state index contributed by atoms with van der Waals surface area (Å²) in [5, 5.41) is 14.8. The number of aromatic nitrogens is 2. The number of nitrogens with zero attached hydrogens (tertiary/aromatic N) is 3. The molecule has 1 aliphatic heterocycles. The highest BCUT2D eigenvalue weighted by Gasteiger charge is 2.25. The Bertz CT molecular complexity index is 520. The molecule has 17 heavy (non-hydrogen) atoms. The molecule has 1 atom stereocenters. The molecular formula is C11H16N4OS. The molecule has 0 aliphatic carbocycles. The molecule has 5 nitrogen and oxygen atoms in total. The Balaban J connectivity index is 2.02.